The largest absolute Gasteiger partial charge is 0.497 e. The Bertz CT molecular complexity index is 1150. The predicted octanol–water partition coefficient (Wildman–Crippen LogP) is 3.23. The van der Waals surface area contributed by atoms with Gasteiger partial charge in [0, 0.05) is 37.5 Å². The highest BCUT2D eigenvalue weighted by molar-refractivity contribution is 7.87. The second-order valence-electron chi connectivity index (χ2n) is 7.98. The van der Waals surface area contributed by atoms with Crippen molar-refractivity contribution in [3.05, 3.63) is 47.7 Å². The van der Waals surface area contributed by atoms with E-state index in [1.807, 2.05) is 0 Å². The minimum absolute atomic E-state index is 0.399. The van der Waals surface area contributed by atoms with Gasteiger partial charge in [0.2, 0.25) is 0 Å². The minimum Gasteiger partial charge on any atom is -0.497 e. The van der Waals surface area contributed by atoms with Gasteiger partial charge < -0.3 is 9.47 Å². The molecule has 0 N–H and O–H groups in total. The van der Waals surface area contributed by atoms with Gasteiger partial charge >= 0.3 is 16.2 Å². The maximum absolute atomic E-state index is 13.1. The smallest absolute Gasteiger partial charge is 0.330 e. The van der Waals surface area contributed by atoms with E-state index in [1.54, 1.807) is 37.5 Å². The number of ether oxygens (including phenoxy) is 2. The van der Waals surface area contributed by atoms with Crippen LogP contribution in [0.4, 0.5) is 0 Å². The SMILES string of the molecule is COC(=O)/C=C/c1c(C#C[Si](C)(C)C)cn(S(=O)(=O)N(C)C)c1-c1ccc(OC)cc1. The van der Waals surface area contributed by atoms with E-state index in [1.165, 1.54) is 37.5 Å². The number of methoxy groups -OCH3 is 2. The molecule has 0 spiro atoms. The number of nitrogens with zero attached hydrogens (tertiary/aromatic N) is 2. The molecule has 166 valence electrons. The third-order valence-electron chi connectivity index (χ3n) is 4.24. The summed E-state index contributed by atoms with van der Waals surface area (Å²) in [7, 11) is 0.163. The Hall–Kier alpha value is -2.80. The summed E-state index contributed by atoms with van der Waals surface area (Å²) in [5.41, 5.74) is 5.34. The van der Waals surface area contributed by atoms with Crippen molar-refractivity contribution in [2.24, 2.45) is 0 Å². The Balaban J connectivity index is 2.91. The van der Waals surface area contributed by atoms with Crippen LogP contribution < -0.4 is 4.74 Å². The predicted molar refractivity (Wildman–Crippen MR) is 126 cm³/mol. The minimum atomic E-state index is -3.86. The number of esters is 1. The Labute approximate surface area is 185 Å². The number of aromatic nitrogens is 1. The highest BCUT2D eigenvalue weighted by Gasteiger charge is 2.25. The van der Waals surface area contributed by atoms with Crippen molar-refractivity contribution in [3.8, 4) is 28.5 Å². The van der Waals surface area contributed by atoms with Crippen LogP contribution in [0, 0.1) is 11.5 Å². The molecule has 0 fully saturated rings. The summed E-state index contributed by atoms with van der Waals surface area (Å²) in [6, 6.07) is 7.02. The lowest BCUT2D eigenvalue weighted by atomic mass is 10.0. The zero-order valence-corrected chi connectivity index (χ0v) is 20.7. The number of rotatable bonds is 6. The molecule has 0 saturated carbocycles. The zero-order valence-electron chi connectivity index (χ0n) is 18.9. The highest BCUT2D eigenvalue weighted by atomic mass is 32.2. The molecule has 2 rings (SSSR count). The Morgan fingerprint density at radius 3 is 2.23 bits per heavy atom. The maximum atomic E-state index is 13.1. The number of carbonyl (C=O) groups excluding carboxylic acids is 1. The van der Waals surface area contributed by atoms with Crippen molar-refractivity contribution >= 4 is 30.3 Å². The highest BCUT2D eigenvalue weighted by Crippen LogP contribution is 2.32. The second kappa shape index (κ2) is 9.56. The topological polar surface area (TPSA) is 77.8 Å². The Morgan fingerprint density at radius 2 is 1.74 bits per heavy atom. The van der Waals surface area contributed by atoms with Gasteiger partial charge in [-0.1, -0.05) is 25.6 Å². The molecule has 0 unspecified atom stereocenters. The standard InChI is InChI=1S/C22H28N2O5SSi/c1-23(2)30(26,27)24-16-18(14-15-31(5,6)7)20(12-13-21(25)29-4)22(24)17-8-10-19(28-3)11-9-17/h8-13,16H,1-7H3/b13-12+. The molecule has 0 aliphatic rings. The van der Waals surface area contributed by atoms with E-state index in [-0.39, 0.29) is 0 Å². The van der Waals surface area contributed by atoms with Gasteiger partial charge in [-0.25, -0.2) is 8.77 Å². The molecule has 7 nitrogen and oxygen atoms in total. The first-order chi connectivity index (χ1) is 14.4. The summed E-state index contributed by atoms with van der Waals surface area (Å²) in [6.07, 6.45) is 4.30. The van der Waals surface area contributed by atoms with Crippen molar-refractivity contribution in [3.63, 3.8) is 0 Å². The first kappa shape index (κ1) is 24.5. The monoisotopic (exact) mass is 460 g/mol. The van der Waals surface area contributed by atoms with Crippen molar-refractivity contribution in [2.45, 2.75) is 19.6 Å². The van der Waals surface area contributed by atoms with Crippen LogP contribution in [-0.4, -0.2) is 59.1 Å². The van der Waals surface area contributed by atoms with E-state index < -0.39 is 24.3 Å². The molecule has 2 aromatic rings. The molecule has 1 aromatic heterocycles. The van der Waals surface area contributed by atoms with Gasteiger partial charge in [-0.15, -0.1) is 5.54 Å². The van der Waals surface area contributed by atoms with Crippen molar-refractivity contribution < 1.29 is 22.7 Å². The van der Waals surface area contributed by atoms with Crippen LogP contribution in [0.15, 0.2) is 36.5 Å². The molecular formula is C22H28N2O5SSi. The van der Waals surface area contributed by atoms with Crippen LogP contribution in [-0.2, 0) is 19.7 Å². The van der Waals surface area contributed by atoms with Gasteiger partial charge in [0.05, 0.1) is 25.5 Å². The van der Waals surface area contributed by atoms with E-state index in [4.69, 9.17) is 9.47 Å². The summed E-state index contributed by atoms with van der Waals surface area (Å²) in [5, 5.41) is 0. The first-order valence-electron chi connectivity index (χ1n) is 9.52. The number of hydrogen-bond acceptors (Lipinski definition) is 5. The van der Waals surface area contributed by atoms with Crippen LogP contribution in [0.25, 0.3) is 17.3 Å². The number of benzene rings is 1. The molecular weight excluding hydrogens is 432 g/mol. The van der Waals surface area contributed by atoms with Crippen molar-refractivity contribution in [1.82, 2.24) is 8.28 Å². The Morgan fingerprint density at radius 1 is 1.13 bits per heavy atom. The molecule has 1 aromatic carbocycles. The fourth-order valence-electron chi connectivity index (χ4n) is 2.63. The van der Waals surface area contributed by atoms with Gasteiger partial charge in [-0.05, 0) is 30.3 Å². The van der Waals surface area contributed by atoms with Gasteiger partial charge in [0.25, 0.3) is 0 Å². The average molecular weight is 461 g/mol. The average Bonchev–Trinajstić information content (AvgIpc) is 3.09. The summed E-state index contributed by atoms with van der Waals surface area (Å²) in [5.74, 6) is 3.23. The lowest BCUT2D eigenvalue weighted by Gasteiger charge is -2.16. The summed E-state index contributed by atoms with van der Waals surface area (Å²) < 4.78 is 38.5. The molecule has 9 heteroatoms. The van der Waals surface area contributed by atoms with Gasteiger partial charge in [0.15, 0.2) is 0 Å². The zero-order chi connectivity index (χ0) is 23.4. The fourth-order valence-corrected chi connectivity index (χ4v) is 4.16. The molecule has 1 heterocycles. The molecule has 0 radical (unpaired) electrons. The van der Waals surface area contributed by atoms with Gasteiger partial charge in [-0.3, -0.25) is 0 Å². The molecule has 0 saturated heterocycles. The van der Waals surface area contributed by atoms with E-state index in [9.17, 15) is 13.2 Å². The first-order valence-corrected chi connectivity index (χ1v) is 14.4. The molecule has 0 aliphatic carbocycles. The van der Waals surface area contributed by atoms with E-state index in [2.05, 4.69) is 31.1 Å². The maximum Gasteiger partial charge on any atom is 0.330 e. The summed E-state index contributed by atoms with van der Waals surface area (Å²) in [4.78, 5) is 11.8. The van der Waals surface area contributed by atoms with E-state index in [0.29, 0.717) is 28.1 Å². The van der Waals surface area contributed by atoms with Crippen LogP contribution >= 0.6 is 0 Å². The van der Waals surface area contributed by atoms with E-state index >= 15 is 0 Å². The number of hydrogen-bond donors (Lipinski definition) is 0. The number of carbonyl (C=O) groups is 1. The molecule has 0 atom stereocenters. The van der Waals surface area contributed by atoms with Crippen LogP contribution in [0.2, 0.25) is 19.6 Å². The van der Waals surface area contributed by atoms with Crippen LogP contribution in [0.5, 0.6) is 5.75 Å². The van der Waals surface area contributed by atoms with Crippen molar-refractivity contribution in [2.75, 3.05) is 28.3 Å². The molecule has 0 amide bonds. The third-order valence-corrected chi connectivity index (χ3v) is 6.83. The normalized spacial score (nSPS) is 12.0. The van der Waals surface area contributed by atoms with E-state index in [0.717, 1.165) is 4.31 Å². The summed E-state index contributed by atoms with van der Waals surface area (Å²) in [6.45, 7) is 6.30. The Kier molecular flexibility index (Phi) is 7.54. The van der Waals surface area contributed by atoms with Crippen molar-refractivity contribution in [1.29, 1.82) is 0 Å². The van der Waals surface area contributed by atoms with Gasteiger partial charge in [0.1, 0.15) is 13.8 Å². The lowest BCUT2D eigenvalue weighted by molar-refractivity contribution is -0.134. The fraction of sp³-hybridized carbons (Fsp3) is 0.318. The van der Waals surface area contributed by atoms with Gasteiger partial charge in [-0.2, -0.15) is 12.7 Å². The van der Waals surface area contributed by atoms with Crippen LogP contribution in [0.3, 0.4) is 0 Å². The van der Waals surface area contributed by atoms with Crippen LogP contribution in [0.1, 0.15) is 11.1 Å². The molecule has 31 heavy (non-hydrogen) atoms. The lowest BCUT2D eigenvalue weighted by Crippen LogP contribution is -2.28. The quantitative estimate of drug-likeness (QED) is 0.286. The molecule has 0 aliphatic heterocycles. The summed E-state index contributed by atoms with van der Waals surface area (Å²) >= 11 is 0. The second-order valence-corrected chi connectivity index (χ2v) is 14.7. The third kappa shape index (κ3) is 5.88. The molecule has 0 bridgehead atoms.